The molecule has 1 atom stereocenters. The highest BCUT2D eigenvalue weighted by Gasteiger charge is 2.47. The summed E-state index contributed by atoms with van der Waals surface area (Å²) >= 11 is 0. The van der Waals surface area contributed by atoms with E-state index in [9.17, 15) is 4.79 Å². The second kappa shape index (κ2) is 8.40. The van der Waals surface area contributed by atoms with Gasteiger partial charge in [-0.25, -0.2) is 15.0 Å². The molecule has 3 heterocycles. The Kier molecular flexibility index (Phi) is 5.39. The van der Waals surface area contributed by atoms with Crippen LogP contribution in [-0.2, 0) is 16.8 Å². The molecule has 5 rings (SSSR count). The van der Waals surface area contributed by atoms with Gasteiger partial charge in [0.2, 0.25) is 17.7 Å². The Morgan fingerprint density at radius 2 is 1.82 bits per heavy atom. The average molecular weight is 458 g/mol. The fourth-order valence-electron chi connectivity index (χ4n) is 4.20. The van der Waals surface area contributed by atoms with Crippen molar-refractivity contribution in [2.24, 2.45) is 5.92 Å². The van der Waals surface area contributed by atoms with Crippen molar-refractivity contribution >= 4 is 11.9 Å². The van der Waals surface area contributed by atoms with E-state index in [1.807, 2.05) is 6.20 Å². The predicted octanol–water partition coefficient (Wildman–Crippen LogP) is 3.38. The first-order valence-corrected chi connectivity index (χ1v) is 11.2. The largest absolute Gasteiger partial charge is 0.447 e. The first-order chi connectivity index (χ1) is 16.3. The number of nitrogens with two attached hydrogens (primary N) is 1. The molecule has 9 nitrogen and oxygen atoms in total. The second-order valence-electron chi connectivity index (χ2n) is 9.14. The van der Waals surface area contributed by atoms with Crippen molar-refractivity contribution in [2.45, 2.75) is 31.7 Å². The lowest BCUT2D eigenvalue weighted by Crippen LogP contribution is -2.26. The lowest BCUT2D eigenvalue weighted by molar-refractivity contribution is -0.129. The number of aromatic nitrogens is 5. The average Bonchev–Trinajstić information content (AvgIpc) is 3.39. The molecule has 1 fully saturated rings. The molecule has 1 saturated carbocycles. The molecule has 1 unspecified atom stereocenters. The Balaban J connectivity index is 1.41. The first kappa shape index (κ1) is 21.8. The highest BCUT2D eigenvalue weighted by atomic mass is 16.3. The summed E-state index contributed by atoms with van der Waals surface area (Å²) in [5.74, 6) is 1.39. The summed E-state index contributed by atoms with van der Waals surface area (Å²) < 4.78 is 7.66. The highest BCUT2D eigenvalue weighted by molar-refractivity contribution is 5.75. The number of rotatable bonds is 7. The Hall–Kier alpha value is -4.01. The molecule has 34 heavy (non-hydrogen) atoms. The lowest BCUT2D eigenvalue weighted by Gasteiger charge is -2.27. The zero-order valence-corrected chi connectivity index (χ0v) is 19.5. The fraction of sp³-hybridized carbons (Fsp3) is 0.320. The molecular weight excluding hydrogens is 430 g/mol. The summed E-state index contributed by atoms with van der Waals surface area (Å²) in [6.07, 6.45) is 10.9. The third kappa shape index (κ3) is 4.05. The first-order valence-electron chi connectivity index (χ1n) is 11.2. The zero-order chi connectivity index (χ0) is 23.9. The highest BCUT2D eigenvalue weighted by Crippen LogP contribution is 2.51. The number of nitrogen functional groups attached to an aromatic ring is 1. The minimum absolute atomic E-state index is 0.0224. The van der Waals surface area contributed by atoms with E-state index in [2.05, 4.69) is 46.3 Å². The number of likely N-dealkylation sites (N-methyl/N-ethyl adjacent to an activating group) is 1. The van der Waals surface area contributed by atoms with Gasteiger partial charge in [0.05, 0.1) is 11.6 Å². The van der Waals surface area contributed by atoms with Crippen LogP contribution < -0.4 is 5.73 Å². The van der Waals surface area contributed by atoms with Crippen molar-refractivity contribution < 1.29 is 9.21 Å². The molecule has 0 aliphatic heterocycles. The quantitative estimate of drug-likeness (QED) is 0.452. The van der Waals surface area contributed by atoms with E-state index in [-0.39, 0.29) is 23.8 Å². The minimum atomic E-state index is -0.342. The maximum absolute atomic E-state index is 12.0. The van der Waals surface area contributed by atoms with Gasteiger partial charge in [0, 0.05) is 43.8 Å². The van der Waals surface area contributed by atoms with Crippen LogP contribution >= 0.6 is 0 Å². The summed E-state index contributed by atoms with van der Waals surface area (Å²) in [6.45, 7) is 2.38. The van der Waals surface area contributed by atoms with Crippen LogP contribution in [0.1, 0.15) is 31.2 Å². The molecule has 174 valence electrons. The summed E-state index contributed by atoms with van der Waals surface area (Å²) in [6, 6.07) is 8.39. The number of hydrogen-bond acceptors (Lipinski definition) is 7. The van der Waals surface area contributed by atoms with Crippen molar-refractivity contribution in [3.8, 4) is 22.4 Å². The normalized spacial score (nSPS) is 15.1. The summed E-state index contributed by atoms with van der Waals surface area (Å²) in [7, 11) is 3.46. The number of carbonyl (C=O) groups is 1. The van der Waals surface area contributed by atoms with E-state index in [4.69, 9.17) is 15.1 Å². The number of anilines is 1. The number of carbonyl (C=O) groups excluding carboxylic acids is 1. The van der Waals surface area contributed by atoms with Crippen LogP contribution in [0.15, 0.2) is 59.7 Å². The molecule has 4 aromatic rings. The standard InChI is InChI=1S/C25H27N7O2/c1-25(20-8-9-20,19-6-4-16(5-7-19)17-10-27-24(26)28-11-17)23-30-21(15-34-23)18-12-29-32(13-18)14-22(33)31(2)3/h4-7,10-13,15,20H,8-9,14H2,1-3H3,(H2,26,27,28). The van der Waals surface area contributed by atoms with E-state index < -0.39 is 0 Å². The fourth-order valence-corrected chi connectivity index (χ4v) is 4.20. The van der Waals surface area contributed by atoms with Gasteiger partial charge in [-0.3, -0.25) is 9.48 Å². The number of benzene rings is 1. The van der Waals surface area contributed by atoms with Crippen molar-refractivity contribution in [3.63, 3.8) is 0 Å². The molecular formula is C25H27N7O2. The molecule has 0 bridgehead atoms. The number of oxazole rings is 1. The van der Waals surface area contributed by atoms with Crippen LogP contribution in [0.5, 0.6) is 0 Å². The van der Waals surface area contributed by atoms with Gasteiger partial charge in [-0.15, -0.1) is 0 Å². The van der Waals surface area contributed by atoms with Crippen LogP contribution in [0.25, 0.3) is 22.4 Å². The van der Waals surface area contributed by atoms with Gasteiger partial charge in [0.1, 0.15) is 18.5 Å². The molecule has 0 saturated heterocycles. The van der Waals surface area contributed by atoms with Gasteiger partial charge >= 0.3 is 0 Å². The van der Waals surface area contributed by atoms with Gasteiger partial charge in [-0.05, 0) is 36.8 Å². The van der Waals surface area contributed by atoms with Gasteiger partial charge in [0.15, 0.2) is 0 Å². The van der Waals surface area contributed by atoms with E-state index >= 15 is 0 Å². The van der Waals surface area contributed by atoms with E-state index in [1.165, 1.54) is 0 Å². The van der Waals surface area contributed by atoms with Crippen LogP contribution in [0, 0.1) is 5.92 Å². The topological polar surface area (TPSA) is 116 Å². The molecule has 1 aromatic carbocycles. The van der Waals surface area contributed by atoms with Crippen LogP contribution in [0.4, 0.5) is 5.95 Å². The SMILES string of the molecule is CN(C)C(=O)Cn1cc(-c2coc(C(C)(c3ccc(-c4cnc(N)nc4)cc3)C3CC3)n2)cn1. The van der Waals surface area contributed by atoms with Crippen molar-refractivity contribution in [2.75, 3.05) is 19.8 Å². The van der Waals surface area contributed by atoms with Gasteiger partial charge in [0.25, 0.3) is 0 Å². The zero-order valence-electron chi connectivity index (χ0n) is 19.5. The molecule has 1 aliphatic carbocycles. The van der Waals surface area contributed by atoms with Crippen molar-refractivity contribution in [1.29, 1.82) is 0 Å². The lowest BCUT2D eigenvalue weighted by atomic mass is 9.77. The van der Waals surface area contributed by atoms with Crippen molar-refractivity contribution in [3.05, 3.63) is 66.8 Å². The smallest absolute Gasteiger partial charge is 0.243 e. The molecule has 1 amide bonds. The Morgan fingerprint density at radius 1 is 1.12 bits per heavy atom. The molecule has 1 aliphatic rings. The number of hydrogen-bond donors (Lipinski definition) is 1. The van der Waals surface area contributed by atoms with E-state index in [0.717, 1.165) is 35.1 Å². The summed E-state index contributed by atoms with van der Waals surface area (Å²) in [4.78, 5) is 26.6. The monoisotopic (exact) mass is 457 g/mol. The van der Waals surface area contributed by atoms with E-state index in [0.29, 0.717) is 17.5 Å². The van der Waals surface area contributed by atoms with E-state index in [1.54, 1.807) is 48.5 Å². The van der Waals surface area contributed by atoms with Crippen LogP contribution in [-0.4, -0.2) is 49.6 Å². The molecule has 0 spiro atoms. The van der Waals surface area contributed by atoms with Gasteiger partial charge < -0.3 is 15.1 Å². The maximum atomic E-state index is 12.0. The Bertz CT molecular complexity index is 1300. The summed E-state index contributed by atoms with van der Waals surface area (Å²) in [5.41, 5.74) is 9.88. The number of nitrogens with zero attached hydrogens (tertiary/aromatic N) is 6. The molecule has 9 heteroatoms. The van der Waals surface area contributed by atoms with Gasteiger partial charge in [-0.2, -0.15) is 5.10 Å². The maximum Gasteiger partial charge on any atom is 0.243 e. The Labute approximate surface area is 197 Å². The van der Waals surface area contributed by atoms with Crippen LogP contribution in [0.3, 0.4) is 0 Å². The molecule has 2 N–H and O–H groups in total. The van der Waals surface area contributed by atoms with Gasteiger partial charge in [-0.1, -0.05) is 24.3 Å². The van der Waals surface area contributed by atoms with Crippen molar-refractivity contribution in [1.82, 2.24) is 29.6 Å². The van der Waals surface area contributed by atoms with Crippen LogP contribution in [0.2, 0.25) is 0 Å². The second-order valence-corrected chi connectivity index (χ2v) is 9.14. The minimum Gasteiger partial charge on any atom is -0.447 e. The molecule has 3 aromatic heterocycles. The Morgan fingerprint density at radius 3 is 2.47 bits per heavy atom. The summed E-state index contributed by atoms with van der Waals surface area (Å²) in [5, 5.41) is 4.31. The molecule has 0 radical (unpaired) electrons. The third-order valence-corrected chi connectivity index (χ3v) is 6.56. The number of amides is 1. The predicted molar refractivity (Wildman–Crippen MR) is 127 cm³/mol. The third-order valence-electron chi connectivity index (χ3n) is 6.56.